The summed E-state index contributed by atoms with van der Waals surface area (Å²) in [6.45, 7) is 0.0389. The minimum Gasteiger partial charge on any atom is -0.508 e. The monoisotopic (exact) mass is 1340 g/mol. The minimum absolute atomic E-state index is 0.0824. The Morgan fingerprint density at radius 3 is 1.23 bits per heavy atom. The average Bonchev–Trinajstić information content (AvgIpc) is 1.08. The van der Waals surface area contributed by atoms with E-state index >= 15 is 0 Å². The van der Waals surface area contributed by atoms with Gasteiger partial charge in [0.05, 0.1) is 32.3 Å². The van der Waals surface area contributed by atoms with E-state index in [0.29, 0.717) is 33.2 Å². The summed E-state index contributed by atoms with van der Waals surface area (Å²) in [5.74, 6) is -14.1. The lowest BCUT2D eigenvalue weighted by Crippen LogP contribution is -2.62. The van der Waals surface area contributed by atoms with Crippen LogP contribution in [0.5, 0.6) is 17.2 Å². The number of benzene rings is 4. The van der Waals surface area contributed by atoms with Gasteiger partial charge in [-0.2, -0.15) is 0 Å². The van der Waals surface area contributed by atoms with Crippen LogP contribution in [0.4, 0.5) is 0 Å². The Labute approximate surface area is 549 Å². The second-order valence-corrected chi connectivity index (χ2v) is 22.9. The van der Waals surface area contributed by atoms with Crippen LogP contribution in [0.25, 0.3) is 10.9 Å². The largest absolute Gasteiger partial charge is 0.508 e. The average molecular weight is 1340 g/mol. The van der Waals surface area contributed by atoms with Crippen LogP contribution in [-0.4, -0.2) is 204 Å². The third kappa shape index (κ3) is 24.2. The van der Waals surface area contributed by atoms with Crippen LogP contribution in [0.1, 0.15) is 61.8 Å². The molecule has 0 radical (unpaired) electrons. The number of hydrogen-bond donors (Lipinski definition) is 21. The topological polar surface area (TPSA) is 564 Å². The second kappa shape index (κ2) is 37.1. The number of guanidine groups is 1. The van der Waals surface area contributed by atoms with Gasteiger partial charge in [0.15, 0.2) is 5.96 Å². The molecule has 96 heavy (non-hydrogen) atoms. The highest BCUT2D eigenvalue weighted by Crippen LogP contribution is 2.21. The molecule has 33 nitrogen and oxygen atoms in total. The molecule has 9 amide bonds. The zero-order valence-electron chi connectivity index (χ0n) is 52.4. The number of nitrogens with two attached hydrogens (primary N) is 3. The van der Waals surface area contributed by atoms with Crippen LogP contribution >= 0.6 is 0 Å². The van der Waals surface area contributed by atoms with Gasteiger partial charge in [-0.15, -0.1) is 0 Å². The van der Waals surface area contributed by atoms with Crippen LogP contribution in [0, 0.1) is 5.92 Å². The summed E-state index contributed by atoms with van der Waals surface area (Å²) in [6.07, 6.45) is -0.540. The summed E-state index contributed by atoms with van der Waals surface area (Å²) in [7, 11) is 0. The molecule has 24 N–H and O–H groups in total. The molecule has 0 saturated heterocycles. The molecule has 33 heteroatoms. The number of nitrogens with one attached hydrogen (secondary N) is 10. The van der Waals surface area contributed by atoms with Gasteiger partial charge < -0.3 is 111 Å². The van der Waals surface area contributed by atoms with E-state index in [1.165, 1.54) is 79.0 Å². The maximum atomic E-state index is 14.8. The first-order valence-electron chi connectivity index (χ1n) is 30.3. The van der Waals surface area contributed by atoms with Crippen molar-refractivity contribution < 1.29 is 93.6 Å². The number of aliphatic imine (C=N–C) groups is 1. The van der Waals surface area contributed by atoms with Crippen LogP contribution in [-0.2, 0) is 78.4 Å². The maximum Gasteiger partial charge on any atom is 0.326 e. The molecule has 1 heterocycles. The highest BCUT2D eigenvalue weighted by atomic mass is 16.4. The first kappa shape index (κ1) is 75.8. The number of aliphatic hydroxyl groups is 3. The third-order valence-corrected chi connectivity index (χ3v) is 14.8. The van der Waals surface area contributed by atoms with Crippen molar-refractivity contribution in [1.29, 1.82) is 0 Å². The molecule has 0 bridgehead atoms. The van der Waals surface area contributed by atoms with Gasteiger partial charge in [0.2, 0.25) is 53.2 Å². The molecule has 5 rings (SSSR count). The van der Waals surface area contributed by atoms with Crippen molar-refractivity contribution in [1.82, 2.24) is 52.8 Å². The van der Waals surface area contributed by atoms with Crippen LogP contribution < -0.4 is 65.1 Å². The van der Waals surface area contributed by atoms with Crippen LogP contribution in [0.3, 0.4) is 0 Å². The molecule has 0 aliphatic rings. The van der Waals surface area contributed by atoms with Crippen molar-refractivity contribution >= 4 is 82.0 Å². The van der Waals surface area contributed by atoms with Crippen LogP contribution in [0.2, 0.25) is 0 Å². The number of aliphatic carboxylic acids is 2. The number of aromatic nitrogens is 1. The van der Waals surface area contributed by atoms with E-state index in [1.807, 2.05) is 0 Å². The van der Waals surface area contributed by atoms with E-state index < -0.39 is 152 Å². The van der Waals surface area contributed by atoms with Gasteiger partial charge >= 0.3 is 11.9 Å². The van der Waals surface area contributed by atoms with Crippen molar-refractivity contribution in [2.24, 2.45) is 28.1 Å². The van der Waals surface area contributed by atoms with Gasteiger partial charge in [0.1, 0.15) is 71.6 Å². The Kier molecular flexibility index (Phi) is 29.3. The van der Waals surface area contributed by atoms with Crippen molar-refractivity contribution in [3.05, 3.63) is 126 Å². The summed E-state index contributed by atoms with van der Waals surface area (Å²) >= 11 is 0. The minimum atomic E-state index is -1.95. The Hall–Kier alpha value is -10.9. The van der Waals surface area contributed by atoms with Crippen LogP contribution in [0.15, 0.2) is 108 Å². The highest BCUT2D eigenvalue weighted by Gasteiger charge is 2.37. The highest BCUT2D eigenvalue weighted by molar-refractivity contribution is 5.99. The number of aromatic amines is 1. The molecule has 0 spiro atoms. The van der Waals surface area contributed by atoms with E-state index in [-0.39, 0.29) is 80.6 Å². The zero-order chi connectivity index (χ0) is 70.8. The number of phenols is 3. The molecule has 10 atom stereocenters. The Balaban J connectivity index is 1.36. The number of hydrogen-bond acceptors (Lipinski definition) is 19. The van der Waals surface area contributed by atoms with E-state index in [9.17, 15) is 93.6 Å². The fraction of sp³-hybridized carbons (Fsp3) is 0.397. The Bertz CT molecular complexity index is 3530. The lowest BCUT2D eigenvalue weighted by Gasteiger charge is -2.28. The predicted octanol–water partition coefficient (Wildman–Crippen LogP) is -4.12. The van der Waals surface area contributed by atoms with E-state index in [2.05, 4.69) is 57.8 Å². The van der Waals surface area contributed by atoms with Crippen molar-refractivity contribution in [3.63, 3.8) is 0 Å². The van der Waals surface area contributed by atoms with Gasteiger partial charge in [-0.1, -0.05) is 68.4 Å². The molecular weight excluding hydrogens is 1260 g/mol. The number of carboxylic acids is 2. The molecular formula is C63H82N14O19. The summed E-state index contributed by atoms with van der Waals surface area (Å²) in [5, 5.41) is 103. The Morgan fingerprint density at radius 2 is 0.812 bits per heavy atom. The number of H-pyrrole nitrogens is 1. The fourth-order valence-corrected chi connectivity index (χ4v) is 9.73. The van der Waals surface area contributed by atoms with Gasteiger partial charge in [-0.3, -0.25) is 52.9 Å². The number of amides is 9. The Morgan fingerprint density at radius 1 is 0.458 bits per heavy atom. The van der Waals surface area contributed by atoms with Crippen molar-refractivity contribution in [2.45, 2.75) is 126 Å². The smallest absolute Gasteiger partial charge is 0.326 e. The third-order valence-electron chi connectivity index (χ3n) is 14.8. The standard InChI is InChI=1S/C63H82N14O19/c1-32(2)22-43(54(87)73-47(27-52(84)85)58(91)74-48(62(95)96)25-35-13-19-39(83)20-14-35)70-55(88)45(24-34-11-17-38(82)18-12-34)71-57(90)46(26-36-28-68-42-8-4-3-6-40(36)42)72-59(92)49(29-78)76-61(94)51(31-80)77-60(93)50(30-79)75-56(89)44(23-33-9-15-37(81)16-10-33)69-53(86)41(64)7-5-21-67-63(65)66/h3-4,6,8-20,28,32,41,43-51,68,78-83H,5,7,21-27,29-31,64H2,1-2H3,(H,69,86)(H,70,88)(H,71,90)(H,72,92)(H,73,87)(H,74,91)(H,75,89)(H,76,94)(H,77,93)(H,84,85)(H,95,96)(H4,65,66,67)/t41-,43-,44-,45-,46-,47-,48-,49-,50-,51-/m0/s1. The number of rotatable bonds is 38. The number of fused-ring (bicyclic) bond motifs is 1. The summed E-state index contributed by atoms with van der Waals surface area (Å²) < 4.78 is 0. The summed E-state index contributed by atoms with van der Waals surface area (Å²) in [5.41, 5.74) is 19.0. The first-order valence-corrected chi connectivity index (χ1v) is 30.3. The first-order chi connectivity index (χ1) is 45.6. The summed E-state index contributed by atoms with van der Waals surface area (Å²) in [4.78, 5) is 157. The molecule has 1 aromatic heterocycles. The number of para-hydroxylation sites is 1. The van der Waals surface area contributed by atoms with Gasteiger partial charge in [-0.05, 0) is 89.9 Å². The fourth-order valence-electron chi connectivity index (χ4n) is 9.73. The molecule has 0 unspecified atom stereocenters. The number of aliphatic hydroxyl groups excluding tert-OH is 3. The molecule has 518 valence electrons. The summed E-state index contributed by atoms with van der Waals surface area (Å²) in [6, 6.07) is 6.34. The molecule has 5 aromatic rings. The number of carboxylic acid groups (broad SMARTS) is 2. The number of carbonyl (C=O) groups excluding carboxylic acids is 9. The normalized spacial score (nSPS) is 14.2. The van der Waals surface area contributed by atoms with Gasteiger partial charge in [-0.25, -0.2) is 4.79 Å². The second-order valence-electron chi connectivity index (χ2n) is 22.9. The number of phenolic OH excluding ortho intramolecular Hbond substituents is 3. The van der Waals surface area contributed by atoms with E-state index in [0.717, 1.165) is 0 Å². The lowest BCUT2D eigenvalue weighted by molar-refractivity contribution is -0.143. The maximum absolute atomic E-state index is 14.8. The number of nitrogens with zero attached hydrogens (tertiary/aromatic N) is 1. The lowest BCUT2D eigenvalue weighted by atomic mass is 9.99. The molecule has 0 saturated carbocycles. The van der Waals surface area contributed by atoms with Crippen molar-refractivity contribution in [3.8, 4) is 17.2 Å². The predicted molar refractivity (Wildman–Crippen MR) is 343 cm³/mol. The van der Waals surface area contributed by atoms with Gasteiger partial charge in [0.25, 0.3) is 0 Å². The molecule has 4 aromatic carbocycles. The van der Waals surface area contributed by atoms with E-state index in [1.54, 1.807) is 38.1 Å². The molecule has 0 aliphatic carbocycles. The number of aromatic hydroxyl groups is 3. The molecule has 0 fully saturated rings. The molecule has 0 aliphatic heterocycles. The van der Waals surface area contributed by atoms with Crippen molar-refractivity contribution in [2.75, 3.05) is 26.4 Å². The number of carbonyl (C=O) groups is 11. The SMILES string of the molecule is CC(C)C[C@H](NC(=O)[C@H](Cc1ccc(O)cc1)NC(=O)[C@H](Cc1c[nH]c2ccccc12)NC(=O)[C@H](CO)NC(=O)[C@H](CO)NC(=O)[C@H](CO)NC(=O)[C@H](Cc1ccc(O)cc1)NC(=O)[C@@H](N)CCCN=C(N)N)C(=O)N[C@@H](CC(=O)O)C(=O)N[C@@H](Cc1ccc(O)cc1)C(=O)O. The zero-order valence-corrected chi connectivity index (χ0v) is 52.4. The van der Waals surface area contributed by atoms with Gasteiger partial charge in [0, 0.05) is 49.3 Å². The quantitative estimate of drug-likeness (QED) is 0.0101. The van der Waals surface area contributed by atoms with E-state index in [4.69, 9.17) is 17.2 Å².